The summed E-state index contributed by atoms with van der Waals surface area (Å²) >= 11 is 0. The highest BCUT2D eigenvalue weighted by molar-refractivity contribution is 5.79. The van der Waals surface area contributed by atoms with E-state index in [2.05, 4.69) is 76.4 Å². The maximum atomic E-state index is 3.33. The van der Waals surface area contributed by atoms with Gasteiger partial charge in [-0.1, -0.05) is 55.3 Å². The summed E-state index contributed by atoms with van der Waals surface area (Å²) in [4.78, 5) is 5.04. The van der Waals surface area contributed by atoms with E-state index in [0.29, 0.717) is 12.1 Å². The summed E-state index contributed by atoms with van der Waals surface area (Å²) in [5.41, 5.74) is 4.11. The van der Waals surface area contributed by atoms with Crippen molar-refractivity contribution in [3.8, 4) is 0 Å². The summed E-state index contributed by atoms with van der Waals surface area (Å²) in [6, 6.07) is 20.8. The molecule has 0 spiro atoms. The third kappa shape index (κ3) is 3.25. The summed E-state index contributed by atoms with van der Waals surface area (Å²) in [7, 11) is 2.04. The van der Waals surface area contributed by atoms with E-state index in [4.69, 9.17) is 0 Å². The fourth-order valence-corrected chi connectivity index (χ4v) is 4.30. The summed E-state index contributed by atoms with van der Waals surface area (Å²) in [6.07, 6.45) is 6.43. The first-order valence-corrected chi connectivity index (χ1v) is 9.59. The third-order valence-electron chi connectivity index (χ3n) is 5.59. The second-order valence-electron chi connectivity index (χ2n) is 7.18. The molecule has 1 fully saturated rings. The molecule has 1 radical (unpaired) electrons. The van der Waals surface area contributed by atoms with Crippen LogP contribution in [0.3, 0.4) is 0 Å². The molecule has 1 saturated carbocycles. The van der Waals surface area contributed by atoms with Gasteiger partial charge in [0.15, 0.2) is 0 Å². The van der Waals surface area contributed by atoms with Crippen LogP contribution < -0.4 is 15.1 Å². The van der Waals surface area contributed by atoms with E-state index in [-0.39, 0.29) is 0 Å². The van der Waals surface area contributed by atoms with Gasteiger partial charge in [-0.2, -0.15) is 0 Å². The van der Waals surface area contributed by atoms with Crippen LogP contribution in [0.5, 0.6) is 0 Å². The lowest BCUT2D eigenvalue weighted by molar-refractivity contribution is 0.571. The Bertz CT molecular complexity index is 679. The van der Waals surface area contributed by atoms with Crippen LogP contribution in [-0.4, -0.2) is 19.6 Å². The highest BCUT2D eigenvalue weighted by atomic mass is 15.4. The fraction of sp³-hybridized carbons (Fsp3) is 0.409. The molecule has 0 saturated heterocycles. The van der Waals surface area contributed by atoms with Gasteiger partial charge in [0.1, 0.15) is 6.67 Å². The lowest BCUT2D eigenvalue weighted by atomic mass is 10.0. The average Bonchev–Trinajstić information content (AvgIpc) is 3.31. The topological polar surface area (TPSA) is 18.5 Å². The van der Waals surface area contributed by atoms with Crippen LogP contribution in [-0.2, 0) is 0 Å². The molecule has 25 heavy (non-hydrogen) atoms. The fourth-order valence-electron chi connectivity index (χ4n) is 4.30. The minimum Gasteiger partial charge on any atom is -0.343 e. The van der Waals surface area contributed by atoms with Crippen molar-refractivity contribution in [3.63, 3.8) is 0 Å². The Morgan fingerprint density at radius 3 is 2.36 bits per heavy atom. The van der Waals surface area contributed by atoms with E-state index in [1.54, 1.807) is 0 Å². The van der Waals surface area contributed by atoms with Crippen molar-refractivity contribution in [2.75, 3.05) is 23.4 Å². The van der Waals surface area contributed by atoms with Gasteiger partial charge >= 0.3 is 0 Å². The van der Waals surface area contributed by atoms with E-state index < -0.39 is 0 Å². The minimum atomic E-state index is 0.362. The smallest absolute Gasteiger partial charge is 0.143 e. The van der Waals surface area contributed by atoms with Crippen LogP contribution >= 0.6 is 0 Å². The molecule has 1 N–H and O–H groups in total. The summed E-state index contributed by atoms with van der Waals surface area (Å²) in [5, 5.41) is 3.33. The zero-order chi connectivity index (χ0) is 17.1. The van der Waals surface area contributed by atoms with E-state index in [1.165, 1.54) is 42.6 Å². The van der Waals surface area contributed by atoms with Gasteiger partial charge in [-0.25, -0.2) is 0 Å². The summed E-state index contributed by atoms with van der Waals surface area (Å²) < 4.78 is 0. The lowest BCUT2D eigenvalue weighted by Crippen LogP contribution is -2.35. The molecule has 2 aromatic carbocycles. The first kappa shape index (κ1) is 16.5. The molecular formula is C22H28N3. The SMILES string of the molecule is CNCCC(c1ccccc1)N1[CH]N(C2CCCC2)c2ccccc21. The molecule has 3 nitrogen and oxygen atoms in total. The Labute approximate surface area is 151 Å². The van der Waals surface area contributed by atoms with Crippen LogP contribution in [0.15, 0.2) is 54.6 Å². The quantitative estimate of drug-likeness (QED) is 0.824. The van der Waals surface area contributed by atoms with E-state index in [0.717, 1.165) is 13.0 Å². The number of anilines is 2. The molecule has 3 heteroatoms. The van der Waals surface area contributed by atoms with Gasteiger partial charge in [0, 0.05) is 6.04 Å². The van der Waals surface area contributed by atoms with E-state index in [9.17, 15) is 0 Å². The molecule has 2 aromatic rings. The Hall–Kier alpha value is -2.00. The van der Waals surface area contributed by atoms with Crippen LogP contribution in [0, 0.1) is 6.67 Å². The predicted molar refractivity (Wildman–Crippen MR) is 106 cm³/mol. The third-order valence-corrected chi connectivity index (χ3v) is 5.59. The Balaban J connectivity index is 1.67. The second kappa shape index (κ2) is 7.49. The molecule has 1 heterocycles. The maximum Gasteiger partial charge on any atom is 0.143 e. The highest BCUT2D eigenvalue weighted by Gasteiger charge is 2.36. The molecule has 0 aromatic heterocycles. The van der Waals surface area contributed by atoms with Crippen molar-refractivity contribution in [2.45, 2.75) is 44.2 Å². The van der Waals surface area contributed by atoms with Crippen molar-refractivity contribution in [2.24, 2.45) is 0 Å². The average molecular weight is 334 g/mol. The number of nitrogens with zero attached hydrogens (tertiary/aromatic N) is 2. The van der Waals surface area contributed by atoms with Crippen molar-refractivity contribution in [1.82, 2.24) is 5.32 Å². The highest BCUT2D eigenvalue weighted by Crippen LogP contribution is 2.46. The van der Waals surface area contributed by atoms with Crippen molar-refractivity contribution in [3.05, 3.63) is 66.8 Å². The maximum absolute atomic E-state index is 3.33. The normalized spacial score (nSPS) is 18.6. The van der Waals surface area contributed by atoms with Crippen molar-refractivity contribution in [1.29, 1.82) is 0 Å². The van der Waals surface area contributed by atoms with E-state index >= 15 is 0 Å². The molecule has 1 aliphatic heterocycles. The van der Waals surface area contributed by atoms with Crippen LogP contribution in [0.1, 0.15) is 43.7 Å². The van der Waals surface area contributed by atoms with E-state index in [1.807, 2.05) is 7.05 Å². The lowest BCUT2D eigenvalue weighted by Gasteiger charge is -2.32. The van der Waals surface area contributed by atoms with Crippen LogP contribution in [0.2, 0.25) is 0 Å². The summed E-state index contributed by atoms with van der Waals surface area (Å²) in [6.45, 7) is 3.39. The van der Waals surface area contributed by atoms with Gasteiger partial charge in [-0.15, -0.1) is 0 Å². The van der Waals surface area contributed by atoms with Crippen molar-refractivity contribution >= 4 is 11.4 Å². The number of fused-ring (bicyclic) bond motifs is 1. The van der Waals surface area contributed by atoms with Gasteiger partial charge < -0.3 is 15.1 Å². The first-order chi connectivity index (χ1) is 12.4. The molecule has 0 amide bonds. The Kier molecular flexibility index (Phi) is 4.93. The molecule has 4 rings (SSSR count). The van der Waals surface area contributed by atoms with Gasteiger partial charge in [0.2, 0.25) is 0 Å². The minimum absolute atomic E-state index is 0.362. The first-order valence-electron chi connectivity index (χ1n) is 9.59. The number of nitrogens with one attached hydrogen (secondary N) is 1. The van der Waals surface area contributed by atoms with Crippen LogP contribution in [0.4, 0.5) is 11.4 Å². The predicted octanol–water partition coefficient (Wildman–Crippen LogP) is 4.73. The number of hydrogen-bond donors (Lipinski definition) is 1. The van der Waals surface area contributed by atoms with Crippen LogP contribution in [0.25, 0.3) is 0 Å². The zero-order valence-electron chi connectivity index (χ0n) is 15.1. The molecule has 1 unspecified atom stereocenters. The monoisotopic (exact) mass is 334 g/mol. The zero-order valence-corrected chi connectivity index (χ0v) is 15.1. The molecule has 1 aliphatic carbocycles. The molecule has 2 aliphatic rings. The van der Waals surface area contributed by atoms with Gasteiger partial charge in [0.25, 0.3) is 0 Å². The summed E-state index contributed by atoms with van der Waals surface area (Å²) in [5.74, 6) is 0. The largest absolute Gasteiger partial charge is 0.343 e. The van der Waals surface area contributed by atoms with Gasteiger partial charge in [0.05, 0.1) is 17.4 Å². The molecule has 1 atom stereocenters. The van der Waals surface area contributed by atoms with Crippen molar-refractivity contribution < 1.29 is 0 Å². The number of rotatable bonds is 6. The number of hydrogen-bond acceptors (Lipinski definition) is 3. The molecule has 131 valence electrons. The molecular weight excluding hydrogens is 306 g/mol. The molecule has 0 bridgehead atoms. The number of para-hydroxylation sites is 2. The number of benzene rings is 2. The van der Waals surface area contributed by atoms with Gasteiger partial charge in [-0.05, 0) is 50.6 Å². The van der Waals surface area contributed by atoms with Gasteiger partial charge in [-0.3, -0.25) is 0 Å². The Morgan fingerprint density at radius 1 is 0.960 bits per heavy atom. The second-order valence-corrected chi connectivity index (χ2v) is 7.18. The standard InChI is InChI=1S/C22H28N3/c1-23-16-15-20(18-9-3-2-4-10-18)25-17-24(19-11-5-6-12-19)21-13-7-8-14-22(21)25/h2-4,7-10,13-14,17,19-20,23H,5-6,11-12,15-16H2,1H3. The Morgan fingerprint density at radius 2 is 1.64 bits per heavy atom.